The molecule has 2 rings (SSSR count). The summed E-state index contributed by atoms with van der Waals surface area (Å²) < 4.78 is 32.8. The molecule has 1 fully saturated rings. The summed E-state index contributed by atoms with van der Waals surface area (Å²) >= 11 is 0. The predicted octanol–water partition coefficient (Wildman–Crippen LogP) is 0.569. The van der Waals surface area contributed by atoms with Crippen LogP contribution in [-0.2, 0) is 14.8 Å². The zero-order chi connectivity index (χ0) is 14.0. The maximum atomic E-state index is 12.4. The zero-order valence-corrected chi connectivity index (χ0v) is 12.3. The third-order valence-corrected chi connectivity index (χ3v) is 5.04. The molecule has 2 N–H and O–H groups in total. The highest BCUT2D eigenvalue weighted by Gasteiger charge is 2.31. The molecule has 19 heavy (non-hydrogen) atoms. The van der Waals surface area contributed by atoms with E-state index in [1.807, 2.05) is 26.0 Å². The van der Waals surface area contributed by atoms with Crippen LogP contribution in [0.1, 0.15) is 11.1 Å². The molecule has 6 heteroatoms. The third-order valence-electron chi connectivity index (χ3n) is 3.39. The van der Waals surface area contributed by atoms with Crippen LogP contribution in [0.2, 0.25) is 0 Å². The summed E-state index contributed by atoms with van der Waals surface area (Å²) in [7, 11) is -1.91. The van der Waals surface area contributed by atoms with Crippen LogP contribution in [0.3, 0.4) is 0 Å². The molecule has 5 nitrogen and oxygen atoms in total. The van der Waals surface area contributed by atoms with Crippen molar-refractivity contribution in [2.45, 2.75) is 30.9 Å². The van der Waals surface area contributed by atoms with Gasteiger partial charge in [-0.2, -0.15) is 0 Å². The number of benzene rings is 1. The standard InChI is InChI=1S/C13H20N2O3S/c1-9-4-5-13(10(2)6-9)19(16,17)15-11-7-14-8-12(11)18-3/h4-6,11-12,14-15H,7-8H2,1-3H3/t11?,12-/m0/s1. The molecule has 1 heterocycles. The first-order chi connectivity index (χ1) is 8.94. The number of sulfonamides is 1. The van der Waals surface area contributed by atoms with Crippen LogP contribution >= 0.6 is 0 Å². The molecule has 0 spiro atoms. The zero-order valence-electron chi connectivity index (χ0n) is 11.4. The first-order valence-electron chi connectivity index (χ1n) is 6.27. The van der Waals surface area contributed by atoms with E-state index in [0.29, 0.717) is 18.0 Å². The van der Waals surface area contributed by atoms with Crippen LogP contribution in [0.25, 0.3) is 0 Å². The summed E-state index contributed by atoms with van der Waals surface area (Å²) in [4.78, 5) is 0.333. The Morgan fingerprint density at radius 2 is 2.05 bits per heavy atom. The Labute approximate surface area is 114 Å². The molecule has 0 aliphatic carbocycles. The fourth-order valence-electron chi connectivity index (χ4n) is 2.38. The van der Waals surface area contributed by atoms with Crippen molar-refractivity contribution in [3.8, 4) is 0 Å². The van der Waals surface area contributed by atoms with E-state index in [9.17, 15) is 8.42 Å². The average Bonchev–Trinajstić information content (AvgIpc) is 2.74. The van der Waals surface area contributed by atoms with E-state index in [2.05, 4.69) is 10.0 Å². The van der Waals surface area contributed by atoms with E-state index in [-0.39, 0.29) is 12.1 Å². The van der Waals surface area contributed by atoms with Crippen LogP contribution in [0.15, 0.2) is 23.1 Å². The normalized spacial score (nSPS) is 23.7. The fraction of sp³-hybridized carbons (Fsp3) is 0.538. The Kier molecular flexibility index (Phi) is 4.25. The molecule has 1 aliphatic heterocycles. The first-order valence-corrected chi connectivity index (χ1v) is 7.75. The van der Waals surface area contributed by atoms with Gasteiger partial charge in [-0.15, -0.1) is 0 Å². The monoisotopic (exact) mass is 284 g/mol. The number of nitrogens with one attached hydrogen (secondary N) is 2. The molecule has 0 aromatic heterocycles. The molecule has 106 valence electrons. The summed E-state index contributed by atoms with van der Waals surface area (Å²) in [6.07, 6.45) is -0.125. The van der Waals surface area contributed by atoms with Gasteiger partial charge in [-0.25, -0.2) is 13.1 Å². The molecule has 1 saturated heterocycles. The molecule has 1 aliphatic rings. The Hall–Kier alpha value is -0.950. The van der Waals surface area contributed by atoms with E-state index in [1.54, 1.807) is 13.2 Å². The number of aryl methyl sites for hydroxylation is 2. The molecule has 1 aromatic carbocycles. The van der Waals surface area contributed by atoms with Crippen LogP contribution in [0, 0.1) is 13.8 Å². The minimum absolute atomic E-state index is 0.125. The van der Waals surface area contributed by atoms with Gasteiger partial charge in [-0.3, -0.25) is 0 Å². The van der Waals surface area contributed by atoms with Gasteiger partial charge in [0.15, 0.2) is 0 Å². The summed E-state index contributed by atoms with van der Waals surface area (Å²) in [5.74, 6) is 0. The maximum absolute atomic E-state index is 12.4. The van der Waals surface area contributed by atoms with Gasteiger partial charge in [-0.05, 0) is 25.5 Å². The van der Waals surface area contributed by atoms with Gasteiger partial charge in [0, 0.05) is 20.2 Å². The van der Waals surface area contributed by atoms with Crippen molar-refractivity contribution in [2.75, 3.05) is 20.2 Å². The highest BCUT2D eigenvalue weighted by Crippen LogP contribution is 2.18. The number of hydrogen-bond acceptors (Lipinski definition) is 4. The van der Waals surface area contributed by atoms with E-state index >= 15 is 0 Å². The highest BCUT2D eigenvalue weighted by molar-refractivity contribution is 7.89. The molecule has 1 aromatic rings. The van der Waals surface area contributed by atoms with Crippen molar-refractivity contribution in [3.05, 3.63) is 29.3 Å². The molecule has 0 amide bonds. The smallest absolute Gasteiger partial charge is 0.241 e. The van der Waals surface area contributed by atoms with Crippen molar-refractivity contribution in [1.82, 2.24) is 10.0 Å². The first kappa shape index (κ1) is 14.5. The van der Waals surface area contributed by atoms with E-state index in [0.717, 1.165) is 11.1 Å². The van der Waals surface area contributed by atoms with Gasteiger partial charge in [0.25, 0.3) is 0 Å². The van der Waals surface area contributed by atoms with Gasteiger partial charge in [0.2, 0.25) is 10.0 Å². The predicted molar refractivity (Wildman–Crippen MR) is 73.7 cm³/mol. The summed E-state index contributed by atoms with van der Waals surface area (Å²) in [5.41, 5.74) is 1.81. The van der Waals surface area contributed by atoms with E-state index < -0.39 is 10.0 Å². The van der Waals surface area contributed by atoms with Gasteiger partial charge >= 0.3 is 0 Å². The second-order valence-electron chi connectivity index (χ2n) is 4.93. The van der Waals surface area contributed by atoms with Crippen LogP contribution < -0.4 is 10.0 Å². The molecule has 2 atom stereocenters. The van der Waals surface area contributed by atoms with E-state index in [4.69, 9.17) is 4.74 Å². The summed E-state index contributed by atoms with van der Waals surface area (Å²) in [5, 5.41) is 3.12. The Bertz CT molecular complexity index is 557. The lowest BCUT2D eigenvalue weighted by molar-refractivity contribution is 0.103. The minimum Gasteiger partial charge on any atom is -0.378 e. The Morgan fingerprint density at radius 3 is 2.68 bits per heavy atom. The summed E-state index contributed by atoms with van der Waals surface area (Å²) in [6.45, 7) is 5.00. The van der Waals surface area contributed by atoms with Crippen molar-refractivity contribution in [1.29, 1.82) is 0 Å². The minimum atomic E-state index is -3.50. The van der Waals surface area contributed by atoms with Gasteiger partial charge in [-0.1, -0.05) is 17.7 Å². The van der Waals surface area contributed by atoms with Crippen LogP contribution in [0.4, 0.5) is 0 Å². The third kappa shape index (κ3) is 3.14. The number of ether oxygens (including phenoxy) is 1. The van der Waals surface area contributed by atoms with Gasteiger partial charge < -0.3 is 10.1 Å². The van der Waals surface area contributed by atoms with Gasteiger partial charge in [0.1, 0.15) is 0 Å². The average molecular weight is 284 g/mol. The maximum Gasteiger partial charge on any atom is 0.241 e. The Morgan fingerprint density at radius 1 is 1.32 bits per heavy atom. The fourth-order valence-corrected chi connectivity index (χ4v) is 3.87. The lowest BCUT2D eigenvalue weighted by Crippen LogP contribution is -2.43. The molecule has 1 unspecified atom stereocenters. The second-order valence-corrected chi connectivity index (χ2v) is 6.61. The second kappa shape index (κ2) is 5.58. The number of methoxy groups -OCH3 is 1. The van der Waals surface area contributed by atoms with Crippen molar-refractivity contribution >= 4 is 10.0 Å². The topological polar surface area (TPSA) is 67.4 Å². The quantitative estimate of drug-likeness (QED) is 0.848. The summed E-state index contributed by atoms with van der Waals surface area (Å²) in [6, 6.07) is 5.10. The van der Waals surface area contributed by atoms with Crippen molar-refractivity contribution in [2.24, 2.45) is 0 Å². The number of rotatable bonds is 4. The van der Waals surface area contributed by atoms with Crippen molar-refractivity contribution < 1.29 is 13.2 Å². The molecule has 0 saturated carbocycles. The molecule has 0 radical (unpaired) electrons. The highest BCUT2D eigenvalue weighted by atomic mass is 32.2. The SMILES string of the molecule is CO[C@H]1CNCC1NS(=O)(=O)c1ccc(C)cc1C. The molecule has 0 bridgehead atoms. The Balaban J connectivity index is 2.23. The largest absolute Gasteiger partial charge is 0.378 e. The van der Waals surface area contributed by atoms with E-state index in [1.165, 1.54) is 0 Å². The lowest BCUT2D eigenvalue weighted by Gasteiger charge is -2.19. The van der Waals surface area contributed by atoms with Crippen molar-refractivity contribution in [3.63, 3.8) is 0 Å². The van der Waals surface area contributed by atoms with Crippen LogP contribution in [-0.4, -0.2) is 40.8 Å². The van der Waals surface area contributed by atoms with Gasteiger partial charge in [0.05, 0.1) is 17.0 Å². The molecular weight excluding hydrogens is 264 g/mol. The number of hydrogen-bond donors (Lipinski definition) is 2. The van der Waals surface area contributed by atoms with Crippen LogP contribution in [0.5, 0.6) is 0 Å². The molecular formula is C13H20N2O3S. The lowest BCUT2D eigenvalue weighted by atomic mass is 10.2.